The van der Waals surface area contributed by atoms with Crippen LogP contribution in [0.2, 0.25) is 0 Å². The highest BCUT2D eigenvalue weighted by Gasteiger charge is 2.69. The Hall–Kier alpha value is -0.0800. The Morgan fingerprint density at radius 1 is 0.710 bits per heavy atom. The first-order valence-electron chi connectivity index (χ1n) is 13.8. The van der Waals surface area contributed by atoms with Gasteiger partial charge in [-0.3, -0.25) is 0 Å². The first-order chi connectivity index (χ1) is 14.5. The number of hydrogen-bond acceptors (Lipinski definition) is 2. The van der Waals surface area contributed by atoms with Gasteiger partial charge in [-0.25, -0.2) is 0 Å². The molecule has 2 N–H and O–H groups in total. The molecule has 5 rings (SSSR count). The second kappa shape index (κ2) is 7.21. The van der Waals surface area contributed by atoms with Crippen LogP contribution in [0.1, 0.15) is 106 Å². The van der Waals surface area contributed by atoms with Gasteiger partial charge in [-0.05, 0) is 127 Å². The molecule has 0 radical (unpaired) electrons. The molecule has 0 saturated heterocycles. The highest BCUT2D eigenvalue weighted by molar-refractivity contribution is 5.18. The minimum atomic E-state index is -0.0845. The Morgan fingerprint density at radius 3 is 2.16 bits per heavy atom. The number of rotatable bonds is 1. The monoisotopic (exact) mass is 430 g/mol. The van der Waals surface area contributed by atoms with Crippen LogP contribution in [0, 0.1) is 63.1 Å². The minimum Gasteiger partial charge on any atom is -0.396 e. The van der Waals surface area contributed by atoms with Gasteiger partial charge >= 0.3 is 0 Å². The van der Waals surface area contributed by atoms with Crippen molar-refractivity contribution in [1.82, 2.24) is 0 Å². The summed E-state index contributed by atoms with van der Waals surface area (Å²) in [5.41, 5.74) is 1.41. The van der Waals surface area contributed by atoms with Crippen molar-refractivity contribution in [2.45, 2.75) is 112 Å². The molecule has 0 spiro atoms. The van der Waals surface area contributed by atoms with E-state index in [1.54, 1.807) is 0 Å². The summed E-state index contributed by atoms with van der Waals surface area (Å²) in [5.74, 6) is 4.97. The molecule has 0 aromatic rings. The summed E-state index contributed by atoms with van der Waals surface area (Å²) in [6.45, 7) is 15.8. The van der Waals surface area contributed by atoms with E-state index >= 15 is 0 Å². The lowest BCUT2D eigenvalue weighted by molar-refractivity contribution is -0.251. The molecule has 2 heteroatoms. The molecule has 5 saturated carbocycles. The van der Waals surface area contributed by atoms with E-state index in [4.69, 9.17) is 0 Å². The maximum Gasteiger partial charge on any atom is 0.0568 e. The smallest absolute Gasteiger partial charge is 0.0568 e. The molecule has 5 fully saturated rings. The van der Waals surface area contributed by atoms with Crippen molar-refractivity contribution < 1.29 is 10.2 Å². The van der Waals surface area contributed by atoms with Crippen molar-refractivity contribution in [2.24, 2.45) is 63.1 Å². The quantitative estimate of drug-likeness (QED) is 0.486. The highest BCUT2D eigenvalue weighted by Crippen LogP contribution is 2.76. The van der Waals surface area contributed by atoms with Crippen LogP contribution in [0.5, 0.6) is 0 Å². The lowest BCUT2D eigenvalue weighted by Crippen LogP contribution is -2.67. The maximum atomic E-state index is 10.7. The summed E-state index contributed by atoms with van der Waals surface area (Å²) in [4.78, 5) is 0. The molecule has 12 atom stereocenters. The Morgan fingerprint density at radius 2 is 1.45 bits per heavy atom. The summed E-state index contributed by atoms with van der Waals surface area (Å²) >= 11 is 0. The van der Waals surface area contributed by atoms with Gasteiger partial charge < -0.3 is 10.2 Å². The number of aliphatic hydroxyl groups excluding tert-OH is 2. The number of fused-ring (bicyclic) bond motifs is 7. The van der Waals surface area contributed by atoms with Crippen LogP contribution in [-0.2, 0) is 0 Å². The molecular formula is C29H50O2. The first-order valence-corrected chi connectivity index (χ1v) is 13.8. The number of aliphatic hydroxyl groups is 2. The zero-order valence-electron chi connectivity index (χ0n) is 21.3. The average molecular weight is 431 g/mol. The van der Waals surface area contributed by atoms with Crippen molar-refractivity contribution in [3.8, 4) is 0 Å². The second-order valence-electron chi connectivity index (χ2n) is 14.1. The molecule has 10 unspecified atom stereocenters. The van der Waals surface area contributed by atoms with Crippen LogP contribution in [0.15, 0.2) is 0 Å². The molecular weight excluding hydrogens is 380 g/mol. The standard InChI is InChI=1S/C29H50O2/c1-18-9-14-29(17-30)16-15-27(5)22(25(29)19(18)2)7-8-24-26(4)12-11-23(31)20(3)21(26)10-13-28(24,27)6/h18-25,30-31H,7-17H2,1-6H3/t18-,19?,20?,21?,22?,23?,24?,25?,26?,27-,28?,29?/m1/s1. The van der Waals surface area contributed by atoms with Gasteiger partial charge in [-0.15, -0.1) is 0 Å². The van der Waals surface area contributed by atoms with E-state index < -0.39 is 0 Å². The predicted octanol–water partition coefficient (Wildman–Crippen LogP) is 6.69. The topological polar surface area (TPSA) is 40.5 Å². The van der Waals surface area contributed by atoms with Crippen LogP contribution in [0.4, 0.5) is 0 Å². The zero-order valence-corrected chi connectivity index (χ0v) is 21.3. The summed E-state index contributed by atoms with van der Waals surface area (Å²) in [5, 5.41) is 21.3. The average Bonchev–Trinajstić information content (AvgIpc) is 2.74. The molecule has 0 aliphatic heterocycles. The molecule has 2 nitrogen and oxygen atoms in total. The van der Waals surface area contributed by atoms with Gasteiger partial charge in [0.2, 0.25) is 0 Å². The Bertz CT molecular complexity index is 705. The Labute approximate surface area is 192 Å². The fourth-order valence-electron chi connectivity index (χ4n) is 11.3. The SMILES string of the molecule is CC1C(O)CCC2(C)C1CCC1(C)C2CCC2C3C(C)[C@H](C)CCC3(CO)CC[C@]21C. The molecule has 5 aliphatic carbocycles. The zero-order chi connectivity index (χ0) is 22.4. The Balaban J connectivity index is 1.53. The molecule has 0 aromatic heterocycles. The second-order valence-corrected chi connectivity index (χ2v) is 14.1. The van der Waals surface area contributed by atoms with E-state index in [1.807, 2.05) is 0 Å². The summed E-state index contributed by atoms with van der Waals surface area (Å²) < 4.78 is 0. The van der Waals surface area contributed by atoms with E-state index in [0.717, 1.165) is 30.1 Å². The number of hydrogen-bond donors (Lipinski definition) is 2. The van der Waals surface area contributed by atoms with E-state index in [1.165, 1.54) is 57.8 Å². The van der Waals surface area contributed by atoms with Gasteiger partial charge in [-0.1, -0.05) is 41.5 Å². The summed E-state index contributed by atoms with van der Waals surface area (Å²) in [6.07, 6.45) is 12.7. The van der Waals surface area contributed by atoms with E-state index in [-0.39, 0.29) is 11.5 Å². The molecule has 5 aliphatic rings. The van der Waals surface area contributed by atoms with Crippen LogP contribution >= 0.6 is 0 Å². The third-order valence-electron chi connectivity index (χ3n) is 13.7. The summed E-state index contributed by atoms with van der Waals surface area (Å²) in [7, 11) is 0. The molecule has 0 bridgehead atoms. The van der Waals surface area contributed by atoms with Crippen LogP contribution < -0.4 is 0 Å². The van der Waals surface area contributed by atoms with Crippen molar-refractivity contribution in [3.05, 3.63) is 0 Å². The molecule has 0 amide bonds. The van der Waals surface area contributed by atoms with E-state index in [9.17, 15) is 10.2 Å². The fraction of sp³-hybridized carbons (Fsp3) is 1.00. The lowest BCUT2D eigenvalue weighted by Gasteiger charge is -2.73. The minimum absolute atomic E-state index is 0.0845. The van der Waals surface area contributed by atoms with Gasteiger partial charge in [0.05, 0.1) is 6.10 Å². The van der Waals surface area contributed by atoms with Crippen molar-refractivity contribution in [2.75, 3.05) is 6.61 Å². The van der Waals surface area contributed by atoms with Gasteiger partial charge in [0.25, 0.3) is 0 Å². The highest BCUT2D eigenvalue weighted by atomic mass is 16.3. The van der Waals surface area contributed by atoms with Crippen LogP contribution in [0.3, 0.4) is 0 Å². The lowest BCUT2D eigenvalue weighted by atomic mass is 9.32. The van der Waals surface area contributed by atoms with E-state index in [0.29, 0.717) is 40.6 Å². The van der Waals surface area contributed by atoms with Crippen molar-refractivity contribution >= 4 is 0 Å². The third kappa shape index (κ3) is 2.76. The Kier molecular flexibility index (Phi) is 5.28. The largest absolute Gasteiger partial charge is 0.396 e. The summed E-state index contributed by atoms with van der Waals surface area (Å²) in [6, 6.07) is 0. The van der Waals surface area contributed by atoms with Gasteiger partial charge in [-0.2, -0.15) is 0 Å². The molecule has 0 heterocycles. The maximum absolute atomic E-state index is 10.7. The van der Waals surface area contributed by atoms with Gasteiger partial charge in [0.15, 0.2) is 0 Å². The molecule has 178 valence electrons. The van der Waals surface area contributed by atoms with Crippen molar-refractivity contribution in [3.63, 3.8) is 0 Å². The molecule has 0 aromatic carbocycles. The normalized spacial score (nSPS) is 61.5. The first kappa shape index (κ1) is 22.7. The van der Waals surface area contributed by atoms with Crippen LogP contribution in [-0.4, -0.2) is 22.9 Å². The fourth-order valence-corrected chi connectivity index (χ4v) is 11.3. The predicted molar refractivity (Wildman–Crippen MR) is 127 cm³/mol. The van der Waals surface area contributed by atoms with Crippen molar-refractivity contribution in [1.29, 1.82) is 0 Å². The van der Waals surface area contributed by atoms with Crippen LogP contribution in [0.25, 0.3) is 0 Å². The van der Waals surface area contributed by atoms with Gasteiger partial charge in [0, 0.05) is 6.61 Å². The van der Waals surface area contributed by atoms with Gasteiger partial charge in [0.1, 0.15) is 0 Å². The third-order valence-corrected chi connectivity index (χ3v) is 13.7. The molecule has 31 heavy (non-hydrogen) atoms. The van der Waals surface area contributed by atoms with E-state index in [2.05, 4.69) is 41.5 Å².